The van der Waals surface area contributed by atoms with Crippen molar-refractivity contribution in [2.75, 3.05) is 42.5 Å². The fraction of sp³-hybridized carbons (Fsp3) is 0.417. The van der Waals surface area contributed by atoms with Gasteiger partial charge in [-0.15, -0.1) is 0 Å². The van der Waals surface area contributed by atoms with E-state index in [1.54, 1.807) is 0 Å². The smallest absolute Gasteiger partial charge is 0.298 e. The predicted molar refractivity (Wildman–Crippen MR) is 121 cm³/mol. The van der Waals surface area contributed by atoms with E-state index in [0.717, 1.165) is 50.1 Å². The van der Waals surface area contributed by atoms with Gasteiger partial charge in [-0.3, -0.25) is 4.79 Å². The molecule has 0 radical (unpaired) electrons. The van der Waals surface area contributed by atoms with Crippen molar-refractivity contribution in [1.29, 1.82) is 0 Å². The molecule has 2 heterocycles. The zero-order chi connectivity index (χ0) is 20.9. The third-order valence-corrected chi connectivity index (χ3v) is 5.85. The number of hydrogen-bond donors (Lipinski definition) is 1. The number of anilines is 2. The van der Waals surface area contributed by atoms with Crippen LogP contribution in [0.4, 0.5) is 11.7 Å². The summed E-state index contributed by atoms with van der Waals surface area (Å²) in [6.45, 7) is 8.21. The monoisotopic (exact) mass is 406 g/mol. The van der Waals surface area contributed by atoms with Gasteiger partial charge in [0.05, 0.1) is 0 Å². The molecule has 0 bridgehead atoms. The van der Waals surface area contributed by atoms with E-state index in [-0.39, 0.29) is 11.8 Å². The molecule has 1 amide bonds. The summed E-state index contributed by atoms with van der Waals surface area (Å²) in [5, 5.41) is 3.14. The Kier molecular flexibility index (Phi) is 6.21. The SMILES string of the molecule is CCN(CCNC(=O)C1CCN(c2nc3ccccc3o2)CC1)c1cccc(C)c1. The van der Waals surface area contributed by atoms with Crippen LogP contribution in [0.5, 0.6) is 0 Å². The van der Waals surface area contributed by atoms with Gasteiger partial charge in [0.2, 0.25) is 5.91 Å². The van der Waals surface area contributed by atoms with Crippen molar-refractivity contribution in [2.24, 2.45) is 5.92 Å². The molecule has 1 N–H and O–H groups in total. The first kappa shape index (κ1) is 20.3. The summed E-state index contributed by atoms with van der Waals surface area (Å²) < 4.78 is 5.87. The fourth-order valence-electron chi connectivity index (χ4n) is 4.08. The minimum Gasteiger partial charge on any atom is -0.423 e. The molecule has 0 aliphatic carbocycles. The number of nitrogens with zero attached hydrogens (tertiary/aromatic N) is 3. The Morgan fingerprint density at radius 3 is 2.73 bits per heavy atom. The Bertz CT molecular complexity index is 959. The Morgan fingerprint density at radius 2 is 2.00 bits per heavy atom. The third kappa shape index (κ3) is 4.58. The molecule has 1 aromatic heterocycles. The molecule has 0 atom stereocenters. The number of benzene rings is 2. The van der Waals surface area contributed by atoms with Crippen LogP contribution < -0.4 is 15.1 Å². The Morgan fingerprint density at radius 1 is 1.20 bits per heavy atom. The first-order chi connectivity index (χ1) is 14.6. The largest absolute Gasteiger partial charge is 0.423 e. The lowest BCUT2D eigenvalue weighted by Crippen LogP contribution is -2.42. The number of aromatic nitrogens is 1. The number of rotatable bonds is 7. The van der Waals surface area contributed by atoms with E-state index in [1.165, 1.54) is 11.3 Å². The molecule has 1 aliphatic rings. The van der Waals surface area contributed by atoms with Gasteiger partial charge in [-0.2, -0.15) is 4.98 Å². The minimum absolute atomic E-state index is 0.0553. The summed E-state index contributed by atoms with van der Waals surface area (Å²) in [6, 6.07) is 17.0. The molecule has 6 heteroatoms. The second-order valence-corrected chi connectivity index (χ2v) is 7.94. The lowest BCUT2D eigenvalue weighted by molar-refractivity contribution is -0.125. The highest BCUT2D eigenvalue weighted by atomic mass is 16.4. The van der Waals surface area contributed by atoms with E-state index in [2.05, 4.69) is 58.2 Å². The molecule has 30 heavy (non-hydrogen) atoms. The number of piperidine rings is 1. The van der Waals surface area contributed by atoms with Crippen molar-refractivity contribution in [3.63, 3.8) is 0 Å². The van der Waals surface area contributed by atoms with Crippen LogP contribution in [0.3, 0.4) is 0 Å². The zero-order valence-corrected chi connectivity index (χ0v) is 17.8. The van der Waals surface area contributed by atoms with Gasteiger partial charge in [0.25, 0.3) is 6.01 Å². The van der Waals surface area contributed by atoms with E-state index in [1.807, 2.05) is 24.3 Å². The average Bonchev–Trinajstić information content (AvgIpc) is 3.21. The molecule has 0 unspecified atom stereocenters. The number of carbonyl (C=O) groups excluding carboxylic acids is 1. The standard InChI is InChI=1S/C24H30N4O2/c1-3-27(20-8-6-7-18(2)17-20)16-13-25-23(29)19-11-14-28(15-12-19)24-26-21-9-4-5-10-22(21)30-24/h4-10,17,19H,3,11-16H2,1-2H3,(H,25,29). The first-order valence-corrected chi connectivity index (χ1v) is 10.8. The van der Waals surface area contributed by atoms with Gasteiger partial charge in [-0.1, -0.05) is 24.3 Å². The molecule has 1 fully saturated rings. The number of nitrogens with one attached hydrogen (secondary N) is 1. The molecule has 0 saturated carbocycles. The van der Waals surface area contributed by atoms with Gasteiger partial charge >= 0.3 is 0 Å². The van der Waals surface area contributed by atoms with Crippen LogP contribution in [0.15, 0.2) is 52.9 Å². The summed E-state index contributed by atoms with van der Waals surface area (Å²) in [6.07, 6.45) is 1.64. The summed E-state index contributed by atoms with van der Waals surface area (Å²) in [5.74, 6) is 0.215. The van der Waals surface area contributed by atoms with Crippen LogP contribution in [-0.4, -0.2) is 43.6 Å². The molecule has 1 aliphatic heterocycles. The van der Waals surface area contributed by atoms with Gasteiger partial charge in [-0.05, 0) is 56.5 Å². The van der Waals surface area contributed by atoms with Crippen molar-refractivity contribution >= 4 is 28.7 Å². The topological polar surface area (TPSA) is 61.6 Å². The number of oxazole rings is 1. The quantitative estimate of drug-likeness (QED) is 0.643. The average molecular weight is 407 g/mol. The van der Waals surface area contributed by atoms with E-state index in [9.17, 15) is 4.79 Å². The summed E-state index contributed by atoms with van der Waals surface area (Å²) in [5.41, 5.74) is 4.14. The van der Waals surface area contributed by atoms with Crippen LogP contribution >= 0.6 is 0 Å². The van der Waals surface area contributed by atoms with Gasteiger partial charge in [-0.25, -0.2) is 0 Å². The van der Waals surface area contributed by atoms with E-state index in [0.29, 0.717) is 12.6 Å². The highest BCUT2D eigenvalue weighted by Crippen LogP contribution is 2.26. The van der Waals surface area contributed by atoms with Gasteiger partial charge in [0.1, 0.15) is 5.52 Å². The second-order valence-electron chi connectivity index (χ2n) is 7.94. The molecule has 3 aromatic rings. The maximum Gasteiger partial charge on any atom is 0.298 e. The normalized spacial score (nSPS) is 14.8. The maximum absolute atomic E-state index is 12.7. The van der Waals surface area contributed by atoms with E-state index >= 15 is 0 Å². The number of fused-ring (bicyclic) bond motifs is 1. The van der Waals surface area contributed by atoms with Gasteiger partial charge in [0.15, 0.2) is 5.58 Å². The third-order valence-electron chi connectivity index (χ3n) is 5.85. The van der Waals surface area contributed by atoms with Crippen molar-refractivity contribution in [3.8, 4) is 0 Å². The minimum atomic E-state index is 0.0553. The number of carbonyl (C=O) groups is 1. The number of amides is 1. The van der Waals surface area contributed by atoms with E-state index < -0.39 is 0 Å². The van der Waals surface area contributed by atoms with Crippen LogP contribution in [-0.2, 0) is 4.79 Å². The Labute approximate surface area is 177 Å². The first-order valence-electron chi connectivity index (χ1n) is 10.8. The summed E-state index contributed by atoms with van der Waals surface area (Å²) in [7, 11) is 0. The number of hydrogen-bond acceptors (Lipinski definition) is 5. The number of likely N-dealkylation sites (N-methyl/N-ethyl adjacent to an activating group) is 1. The highest BCUT2D eigenvalue weighted by molar-refractivity contribution is 5.79. The number of para-hydroxylation sites is 2. The Balaban J connectivity index is 1.25. The lowest BCUT2D eigenvalue weighted by atomic mass is 9.96. The second kappa shape index (κ2) is 9.20. The number of aryl methyl sites for hydroxylation is 1. The Hall–Kier alpha value is -3.02. The summed E-state index contributed by atoms with van der Waals surface area (Å²) in [4.78, 5) is 21.7. The van der Waals surface area contributed by atoms with Crippen LogP contribution in [0.25, 0.3) is 11.1 Å². The molecule has 2 aromatic carbocycles. The molecule has 1 saturated heterocycles. The van der Waals surface area contributed by atoms with Crippen molar-refractivity contribution in [3.05, 3.63) is 54.1 Å². The summed E-state index contributed by atoms with van der Waals surface area (Å²) >= 11 is 0. The van der Waals surface area contributed by atoms with Gasteiger partial charge < -0.3 is 19.5 Å². The highest BCUT2D eigenvalue weighted by Gasteiger charge is 2.27. The molecular weight excluding hydrogens is 376 g/mol. The molecule has 4 rings (SSSR count). The van der Waals surface area contributed by atoms with Gasteiger partial charge in [0, 0.05) is 44.3 Å². The predicted octanol–water partition coefficient (Wildman–Crippen LogP) is 4.00. The fourth-order valence-corrected chi connectivity index (χ4v) is 4.08. The lowest BCUT2D eigenvalue weighted by Gasteiger charge is -2.30. The van der Waals surface area contributed by atoms with Crippen molar-refractivity contribution in [1.82, 2.24) is 10.3 Å². The molecule has 6 nitrogen and oxygen atoms in total. The molecule has 158 valence electrons. The maximum atomic E-state index is 12.7. The van der Waals surface area contributed by atoms with Crippen LogP contribution in [0, 0.1) is 12.8 Å². The zero-order valence-electron chi connectivity index (χ0n) is 17.8. The van der Waals surface area contributed by atoms with E-state index in [4.69, 9.17) is 4.42 Å². The molecule has 0 spiro atoms. The van der Waals surface area contributed by atoms with Crippen LogP contribution in [0.2, 0.25) is 0 Å². The van der Waals surface area contributed by atoms with Crippen molar-refractivity contribution in [2.45, 2.75) is 26.7 Å². The van der Waals surface area contributed by atoms with Crippen LogP contribution in [0.1, 0.15) is 25.3 Å². The van der Waals surface area contributed by atoms with Crippen molar-refractivity contribution < 1.29 is 9.21 Å². The molecular formula is C24H30N4O2.